The molecular weight excluding hydrogens is 282 g/mol. The maximum Gasteiger partial charge on any atom is 0.292 e. The first-order chi connectivity index (χ1) is 10.6. The summed E-state index contributed by atoms with van der Waals surface area (Å²) < 4.78 is 5.05. The average molecular weight is 305 g/mol. The summed E-state index contributed by atoms with van der Waals surface area (Å²) in [6.07, 6.45) is 4.74. The number of aryl methyl sites for hydroxylation is 1. The van der Waals surface area contributed by atoms with Crippen LogP contribution in [-0.2, 0) is 4.79 Å². The fraction of sp³-hybridized carbons (Fsp3) is 0.688. The molecule has 0 unspecified atom stereocenters. The van der Waals surface area contributed by atoms with Gasteiger partial charge in [-0.05, 0) is 38.5 Å². The number of hydrogen-bond acceptors (Lipinski definition) is 4. The highest BCUT2D eigenvalue weighted by atomic mass is 16.5. The number of aromatic nitrogens is 1. The summed E-state index contributed by atoms with van der Waals surface area (Å²) in [5.41, 5.74) is 0.724. The molecular formula is C16H23N3O3. The summed E-state index contributed by atoms with van der Waals surface area (Å²) >= 11 is 0. The van der Waals surface area contributed by atoms with E-state index in [2.05, 4.69) is 5.16 Å². The minimum Gasteiger partial charge on any atom is -0.351 e. The first-order valence-corrected chi connectivity index (χ1v) is 8.14. The van der Waals surface area contributed by atoms with Gasteiger partial charge in [-0.25, -0.2) is 0 Å². The molecule has 2 fully saturated rings. The average Bonchev–Trinajstić information content (AvgIpc) is 2.96. The van der Waals surface area contributed by atoms with Crippen molar-refractivity contribution in [3.63, 3.8) is 0 Å². The second kappa shape index (κ2) is 6.50. The molecule has 3 heterocycles. The molecule has 1 aromatic rings. The molecule has 2 aliphatic rings. The summed E-state index contributed by atoms with van der Waals surface area (Å²) in [5, 5.41) is 3.77. The molecule has 0 aromatic carbocycles. The van der Waals surface area contributed by atoms with E-state index in [4.69, 9.17) is 4.52 Å². The zero-order chi connectivity index (χ0) is 15.5. The van der Waals surface area contributed by atoms with E-state index in [0.29, 0.717) is 24.0 Å². The van der Waals surface area contributed by atoms with E-state index in [0.717, 1.165) is 57.6 Å². The lowest BCUT2D eigenvalue weighted by Gasteiger charge is -2.35. The summed E-state index contributed by atoms with van der Waals surface area (Å²) in [5.74, 6) is 1.04. The Morgan fingerprint density at radius 2 is 2.09 bits per heavy atom. The predicted molar refractivity (Wildman–Crippen MR) is 80.3 cm³/mol. The van der Waals surface area contributed by atoms with Crippen LogP contribution < -0.4 is 0 Å². The zero-order valence-corrected chi connectivity index (χ0v) is 13.1. The van der Waals surface area contributed by atoms with Gasteiger partial charge in [0.1, 0.15) is 0 Å². The van der Waals surface area contributed by atoms with Crippen molar-refractivity contribution in [1.82, 2.24) is 15.0 Å². The van der Waals surface area contributed by atoms with E-state index in [1.807, 2.05) is 16.7 Å². The molecule has 0 spiro atoms. The molecule has 22 heavy (non-hydrogen) atoms. The third-order valence-corrected chi connectivity index (χ3v) is 4.64. The summed E-state index contributed by atoms with van der Waals surface area (Å²) in [6, 6.07) is 1.68. The normalized spacial score (nSPS) is 20.5. The molecule has 0 N–H and O–H groups in total. The number of rotatable bonds is 3. The zero-order valence-electron chi connectivity index (χ0n) is 13.1. The molecule has 0 aliphatic carbocycles. The number of hydrogen-bond donors (Lipinski definition) is 0. The Morgan fingerprint density at radius 1 is 1.32 bits per heavy atom. The maximum absolute atomic E-state index is 12.3. The molecule has 6 heteroatoms. The smallest absolute Gasteiger partial charge is 0.292 e. The van der Waals surface area contributed by atoms with Crippen LogP contribution in [0, 0.1) is 12.8 Å². The van der Waals surface area contributed by atoms with Gasteiger partial charge in [0, 0.05) is 38.7 Å². The van der Waals surface area contributed by atoms with Gasteiger partial charge in [0.2, 0.25) is 11.7 Å². The maximum atomic E-state index is 12.3. The fourth-order valence-corrected chi connectivity index (χ4v) is 3.31. The van der Waals surface area contributed by atoms with E-state index < -0.39 is 0 Å². The minimum atomic E-state index is -0.0758. The van der Waals surface area contributed by atoms with E-state index in [1.54, 1.807) is 6.07 Å². The van der Waals surface area contributed by atoms with Crippen LogP contribution in [0.3, 0.4) is 0 Å². The van der Waals surface area contributed by atoms with Gasteiger partial charge in [0.05, 0.1) is 5.69 Å². The standard InChI is InChI=1S/C16H23N3O3/c1-12-10-14(22-17-12)16(21)18-8-5-13(6-9-18)11-19-7-3-2-4-15(19)20/h10,13H,2-9,11H2,1H3. The number of amides is 2. The van der Waals surface area contributed by atoms with Gasteiger partial charge in [-0.3, -0.25) is 9.59 Å². The topological polar surface area (TPSA) is 66.7 Å². The third-order valence-electron chi connectivity index (χ3n) is 4.64. The number of piperidine rings is 2. The Hall–Kier alpha value is -1.85. The lowest BCUT2D eigenvalue weighted by Crippen LogP contribution is -2.44. The van der Waals surface area contributed by atoms with Crippen molar-refractivity contribution in [3.05, 3.63) is 17.5 Å². The molecule has 1 aromatic heterocycles. The molecule has 2 aliphatic heterocycles. The summed E-state index contributed by atoms with van der Waals surface area (Å²) in [4.78, 5) is 28.0. The van der Waals surface area contributed by atoms with E-state index in [9.17, 15) is 9.59 Å². The monoisotopic (exact) mass is 305 g/mol. The van der Waals surface area contributed by atoms with Crippen LogP contribution >= 0.6 is 0 Å². The number of nitrogens with zero attached hydrogens (tertiary/aromatic N) is 3. The van der Waals surface area contributed by atoms with Crippen LogP contribution in [0.4, 0.5) is 0 Å². The molecule has 0 saturated carbocycles. The lowest BCUT2D eigenvalue weighted by molar-refractivity contribution is -0.134. The van der Waals surface area contributed by atoms with Crippen LogP contribution in [0.1, 0.15) is 48.4 Å². The first kappa shape index (κ1) is 15.1. The van der Waals surface area contributed by atoms with Crippen LogP contribution in [0.15, 0.2) is 10.6 Å². The number of carbonyl (C=O) groups is 2. The molecule has 0 bridgehead atoms. The Balaban J connectivity index is 1.50. The third kappa shape index (κ3) is 3.31. The highest BCUT2D eigenvalue weighted by Gasteiger charge is 2.28. The fourth-order valence-electron chi connectivity index (χ4n) is 3.31. The van der Waals surface area contributed by atoms with Gasteiger partial charge in [-0.1, -0.05) is 5.16 Å². The van der Waals surface area contributed by atoms with Crippen molar-refractivity contribution in [2.45, 2.75) is 39.0 Å². The van der Waals surface area contributed by atoms with Gasteiger partial charge in [0.25, 0.3) is 5.91 Å². The highest BCUT2D eigenvalue weighted by molar-refractivity contribution is 5.91. The first-order valence-electron chi connectivity index (χ1n) is 8.14. The van der Waals surface area contributed by atoms with Crippen LogP contribution in [0.5, 0.6) is 0 Å². The minimum absolute atomic E-state index is 0.0758. The Bertz CT molecular complexity index is 547. The molecule has 120 valence electrons. The molecule has 6 nitrogen and oxygen atoms in total. The van der Waals surface area contributed by atoms with Gasteiger partial charge >= 0.3 is 0 Å². The quantitative estimate of drug-likeness (QED) is 0.854. The largest absolute Gasteiger partial charge is 0.351 e. The SMILES string of the molecule is Cc1cc(C(=O)N2CCC(CN3CCCCC3=O)CC2)on1. The predicted octanol–water partition coefficient (Wildman–Crippen LogP) is 1.85. The van der Waals surface area contributed by atoms with Crippen LogP contribution in [-0.4, -0.2) is 52.9 Å². The number of likely N-dealkylation sites (tertiary alicyclic amines) is 2. The molecule has 0 atom stereocenters. The van der Waals surface area contributed by atoms with Crippen molar-refractivity contribution >= 4 is 11.8 Å². The Morgan fingerprint density at radius 3 is 2.73 bits per heavy atom. The van der Waals surface area contributed by atoms with Crippen molar-refractivity contribution in [2.24, 2.45) is 5.92 Å². The van der Waals surface area contributed by atoms with Crippen LogP contribution in [0.2, 0.25) is 0 Å². The van der Waals surface area contributed by atoms with Crippen molar-refractivity contribution in [2.75, 3.05) is 26.2 Å². The molecule has 0 radical (unpaired) electrons. The van der Waals surface area contributed by atoms with E-state index in [1.165, 1.54) is 0 Å². The highest BCUT2D eigenvalue weighted by Crippen LogP contribution is 2.22. The van der Waals surface area contributed by atoms with Crippen molar-refractivity contribution in [1.29, 1.82) is 0 Å². The second-order valence-corrected chi connectivity index (χ2v) is 6.36. The lowest BCUT2D eigenvalue weighted by atomic mass is 9.95. The summed E-state index contributed by atoms with van der Waals surface area (Å²) in [7, 11) is 0. The van der Waals surface area contributed by atoms with E-state index >= 15 is 0 Å². The van der Waals surface area contributed by atoms with Gasteiger partial charge in [0.15, 0.2) is 0 Å². The molecule has 2 amide bonds. The van der Waals surface area contributed by atoms with Crippen molar-refractivity contribution < 1.29 is 14.1 Å². The van der Waals surface area contributed by atoms with Gasteiger partial charge in [-0.2, -0.15) is 0 Å². The van der Waals surface area contributed by atoms with Crippen molar-refractivity contribution in [3.8, 4) is 0 Å². The number of carbonyl (C=O) groups excluding carboxylic acids is 2. The van der Waals surface area contributed by atoms with Gasteiger partial charge < -0.3 is 14.3 Å². The van der Waals surface area contributed by atoms with Crippen LogP contribution in [0.25, 0.3) is 0 Å². The van der Waals surface area contributed by atoms with Gasteiger partial charge in [-0.15, -0.1) is 0 Å². The summed E-state index contributed by atoms with van der Waals surface area (Å²) in [6.45, 7) is 5.01. The Labute approximate surface area is 130 Å². The second-order valence-electron chi connectivity index (χ2n) is 6.36. The van der Waals surface area contributed by atoms with E-state index in [-0.39, 0.29) is 5.91 Å². The molecule has 2 saturated heterocycles. The molecule has 3 rings (SSSR count). The Kier molecular flexibility index (Phi) is 4.45.